The molecular formula is C9H14N4O2. The van der Waals surface area contributed by atoms with Crippen molar-refractivity contribution in [2.24, 2.45) is 0 Å². The zero-order valence-corrected chi connectivity index (χ0v) is 8.38. The summed E-state index contributed by atoms with van der Waals surface area (Å²) in [5.74, 6) is 0. The van der Waals surface area contributed by atoms with Crippen molar-refractivity contribution in [3.05, 3.63) is 32.6 Å². The van der Waals surface area contributed by atoms with E-state index in [4.69, 9.17) is 0 Å². The lowest BCUT2D eigenvalue weighted by atomic mass is 10.3. The molecule has 0 bridgehead atoms. The summed E-state index contributed by atoms with van der Waals surface area (Å²) in [6.45, 7) is 4.41. The molecule has 0 amide bonds. The number of nitrogens with zero attached hydrogens (tertiary/aromatic N) is 1. The van der Waals surface area contributed by atoms with E-state index in [9.17, 15) is 9.59 Å². The van der Waals surface area contributed by atoms with Crippen molar-refractivity contribution in [3.63, 3.8) is 0 Å². The van der Waals surface area contributed by atoms with Gasteiger partial charge in [0.1, 0.15) is 0 Å². The fourth-order valence-electron chi connectivity index (χ4n) is 1.71. The molecule has 6 heteroatoms. The number of nitrogens with one attached hydrogen (secondary N) is 3. The van der Waals surface area contributed by atoms with E-state index in [1.807, 2.05) is 0 Å². The molecule has 0 atom stereocenters. The Morgan fingerprint density at radius 2 is 1.93 bits per heavy atom. The largest absolute Gasteiger partial charge is 0.325 e. The minimum atomic E-state index is -0.437. The fourth-order valence-corrected chi connectivity index (χ4v) is 1.71. The number of hydrogen-bond donors (Lipinski definition) is 3. The monoisotopic (exact) mass is 210 g/mol. The van der Waals surface area contributed by atoms with Gasteiger partial charge in [-0.25, -0.2) is 4.79 Å². The summed E-state index contributed by atoms with van der Waals surface area (Å²) >= 11 is 0. The third kappa shape index (κ3) is 2.77. The Bertz CT molecular complexity index is 402. The fraction of sp³-hybridized carbons (Fsp3) is 0.556. The maximum Gasteiger partial charge on any atom is 0.325 e. The van der Waals surface area contributed by atoms with Crippen molar-refractivity contribution in [3.8, 4) is 0 Å². The van der Waals surface area contributed by atoms with Crippen molar-refractivity contribution in [2.75, 3.05) is 26.2 Å². The van der Waals surface area contributed by atoms with Crippen LogP contribution in [0.3, 0.4) is 0 Å². The van der Waals surface area contributed by atoms with Crippen molar-refractivity contribution in [2.45, 2.75) is 6.54 Å². The quantitative estimate of drug-likeness (QED) is 0.553. The molecular weight excluding hydrogens is 196 g/mol. The highest BCUT2D eigenvalue weighted by atomic mass is 16.2. The van der Waals surface area contributed by atoms with Gasteiger partial charge in [0, 0.05) is 44.5 Å². The Morgan fingerprint density at radius 3 is 2.60 bits per heavy atom. The third-order valence-electron chi connectivity index (χ3n) is 2.42. The first-order valence-electron chi connectivity index (χ1n) is 4.99. The van der Waals surface area contributed by atoms with Crippen LogP contribution in [0.15, 0.2) is 15.7 Å². The van der Waals surface area contributed by atoms with Gasteiger partial charge in [0.05, 0.1) is 0 Å². The lowest BCUT2D eigenvalue weighted by Crippen LogP contribution is -2.43. The maximum atomic E-state index is 11.0. The van der Waals surface area contributed by atoms with Crippen LogP contribution in [0.5, 0.6) is 0 Å². The van der Waals surface area contributed by atoms with Gasteiger partial charge in [-0.3, -0.25) is 14.7 Å². The second kappa shape index (κ2) is 4.41. The highest BCUT2D eigenvalue weighted by Crippen LogP contribution is 1.98. The summed E-state index contributed by atoms with van der Waals surface area (Å²) in [5, 5.41) is 3.24. The molecule has 0 unspecified atom stereocenters. The predicted molar refractivity (Wildman–Crippen MR) is 55.8 cm³/mol. The number of piperazine rings is 1. The van der Waals surface area contributed by atoms with Crippen molar-refractivity contribution < 1.29 is 0 Å². The molecule has 0 radical (unpaired) electrons. The Balaban J connectivity index is 2.09. The zero-order valence-electron chi connectivity index (χ0n) is 8.38. The van der Waals surface area contributed by atoms with Crippen LogP contribution in [0, 0.1) is 0 Å². The van der Waals surface area contributed by atoms with Crippen LogP contribution in [0.1, 0.15) is 5.69 Å². The molecule has 2 rings (SSSR count). The van der Waals surface area contributed by atoms with Crippen LogP contribution in [0.25, 0.3) is 0 Å². The van der Waals surface area contributed by atoms with Gasteiger partial charge in [-0.2, -0.15) is 0 Å². The van der Waals surface area contributed by atoms with Crippen molar-refractivity contribution in [1.82, 2.24) is 20.2 Å². The SMILES string of the molecule is O=c1cc(CN2CCNCC2)[nH]c(=O)[nH]1. The number of hydrogen-bond acceptors (Lipinski definition) is 4. The predicted octanol–water partition coefficient (Wildman–Crippen LogP) is -1.53. The number of aromatic nitrogens is 2. The first-order valence-corrected chi connectivity index (χ1v) is 4.99. The number of aromatic amines is 2. The summed E-state index contributed by atoms with van der Waals surface area (Å²) in [4.78, 5) is 29.0. The highest BCUT2D eigenvalue weighted by molar-refractivity contribution is 4.98. The number of H-pyrrole nitrogens is 2. The summed E-state index contributed by atoms with van der Waals surface area (Å²) in [7, 11) is 0. The Morgan fingerprint density at radius 1 is 1.20 bits per heavy atom. The standard InChI is InChI=1S/C9H14N4O2/c14-8-5-7(11-9(15)12-8)6-13-3-1-10-2-4-13/h5,10H,1-4,6H2,(H2,11,12,14,15). The first-order chi connectivity index (χ1) is 7.24. The molecule has 0 saturated carbocycles. The van der Waals surface area contributed by atoms with Crippen LogP contribution in [0.2, 0.25) is 0 Å². The van der Waals surface area contributed by atoms with Crippen molar-refractivity contribution >= 4 is 0 Å². The minimum Gasteiger partial charge on any atom is -0.314 e. The zero-order chi connectivity index (χ0) is 10.7. The molecule has 82 valence electrons. The molecule has 0 aromatic carbocycles. The van der Waals surface area contributed by atoms with E-state index in [1.54, 1.807) is 0 Å². The summed E-state index contributed by atoms with van der Waals surface area (Å²) in [6, 6.07) is 1.43. The maximum absolute atomic E-state index is 11.0. The van der Waals surface area contributed by atoms with Crippen LogP contribution >= 0.6 is 0 Å². The molecule has 1 aliphatic heterocycles. The van der Waals surface area contributed by atoms with Crippen molar-refractivity contribution in [1.29, 1.82) is 0 Å². The Kier molecular flexibility index (Phi) is 2.98. The summed E-state index contributed by atoms with van der Waals surface area (Å²) < 4.78 is 0. The smallest absolute Gasteiger partial charge is 0.314 e. The van der Waals surface area contributed by atoms with Crippen LogP contribution in [-0.4, -0.2) is 41.0 Å². The van der Waals surface area contributed by atoms with E-state index in [0.717, 1.165) is 26.2 Å². The Labute approximate surface area is 86.3 Å². The molecule has 3 N–H and O–H groups in total. The first kappa shape index (κ1) is 10.1. The highest BCUT2D eigenvalue weighted by Gasteiger charge is 2.10. The van der Waals surface area contributed by atoms with Crippen LogP contribution in [-0.2, 0) is 6.54 Å². The second-order valence-electron chi connectivity index (χ2n) is 3.64. The van der Waals surface area contributed by atoms with Gasteiger partial charge in [0.2, 0.25) is 0 Å². The van der Waals surface area contributed by atoms with E-state index in [0.29, 0.717) is 12.2 Å². The molecule has 0 spiro atoms. The second-order valence-corrected chi connectivity index (χ2v) is 3.64. The molecule has 1 fully saturated rings. The third-order valence-corrected chi connectivity index (χ3v) is 2.42. The molecule has 1 aromatic rings. The number of rotatable bonds is 2. The van der Waals surface area contributed by atoms with E-state index < -0.39 is 5.69 Å². The van der Waals surface area contributed by atoms with Crippen LogP contribution in [0.4, 0.5) is 0 Å². The molecule has 2 heterocycles. The molecule has 15 heavy (non-hydrogen) atoms. The van der Waals surface area contributed by atoms with Gasteiger partial charge >= 0.3 is 5.69 Å². The van der Waals surface area contributed by atoms with E-state index in [1.165, 1.54) is 6.07 Å². The van der Waals surface area contributed by atoms with Gasteiger partial charge in [-0.05, 0) is 0 Å². The molecule has 1 aliphatic rings. The topological polar surface area (TPSA) is 81.0 Å². The van der Waals surface area contributed by atoms with Crippen LogP contribution < -0.4 is 16.6 Å². The summed E-state index contributed by atoms with van der Waals surface area (Å²) in [6.07, 6.45) is 0. The van der Waals surface area contributed by atoms with Gasteiger partial charge in [0.25, 0.3) is 5.56 Å². The van der Waals surface area contributed by atoms with Gasteiger partial charge in [-0.1, -0.05) is 0 Å². The van der Waals surface area contributed by atoms with E-state index >= 15 is 0 Å². The van der Waals surface area contributed by atoms with E-state index in [-0.39, 0.29) is 5.56 Å². The normalized spacial score (nSPS) is 17.9. The van der Waals surface area contributed by atoms with E-state index in [2.05, 4.69) is 20.2 Å². The van der Waals surface area contributed by atoms with Gasteiger partial charge < -0.3 is 10.3 Å². The minimum absolute atomic E-state index is 0.344. The van der Waals surface area contributed by atoms with Gasteiger partial charge in [0.15, 0.2) is 0 Å². The molecule has 1 aromatic heterocycles. The summed E-state index contributed by atoms with van der Waals surface area (Å²) in [5.41, 5.74) is -0.109. The van der Waals surface area contributed by atoms with Gasteiger partial charge in [-0.15, -0.1) is 0 Å². The molecule has 1 saturated heterocycles. The molecule has 0 aliphatic carbocycles. The Hall–Kier alpha value is -1.40. The lowest BCUT2D eigenvalue weighted by Gasteiger charge is -2.26. The lowest BCUT2D eigenvalue weighted by molar-refractivity contribution is 0.230. The average molecular weight is 210 g/mol. The molecule has 6 nitrogen and oxygen atoms in total. The average Bonchev–Trinajstić information content (AvgIpc) is 2.17.